The molecule has 0 radical (unpaired) electrons. The molecule has 7 heteroatoms. The summed E-state index contributed by atoms with van der Waals surface area (Å²) in [6.45, 7) is 4.14. The average molecular weight is 278 g/mol. The first kappa shape index (κ1) is 14.0. The summed E-state index contributed by atoms with van der Waals surface area (Å²) in [5.74, 6) is 0. The summed E-state index contributed by atoms with van der Waals surface area (Å²) in [5, 5.41) is 13.0. The molecule has 2 aromatic rings. The molecule has 2 heterocycles. The number of aromatic nitrogens is 5. The van der Waals surface area contributed by atoms with Gasteiger partial charge in [-0.3, -0.25) is 0 Å². The second-order valence-corrected chi connectivity index (χ2v) is 5.48. The fraction of sp³-hybridized carbons (Fsp3) is 0.500. The Balaban J connectivity index is 2.13. The lowest BCUT2D eigenvalue weighted by atomic mass is 10.1. The van der Waals surface area contributed by atoms with Gasteiger partial charge in [0.1, 0.15) is 5.03 Å². The molecule has 0 amide bonds. The highest BCUT2D eigenvalue weighted by atomic mass is 32.2. The topological polar surface area (TPSA) is 82.5 Å². The van der Waals surface area contributed by atoms with Crippen molar-refractivity contribution in [2.45, 2.75) is 42.9 Å². The molecule has 0 aromatic carbocycles. The molecule has 0 bridgehead atoms. The van der Waals surface area contributed by atoms with Crippen molar-refractivity contribution in [3.05, 3.63) is 23.4 Å². The Morgan fingerprint density at radius 1 is 1.47 bits per heavy atom. The van der Waals surface area contributed by atoms with Gasteiger partial charge in [-0.1, -0.05) is 13.0 Å². The smallest absolute Gasteiger partial charge is 0.215 e. The molecular formula is C12H18N6S. The zero-order chi connectivity index (χ0) is 13.8. The van der Waals surface area contributed by atoms with Crippen molar-refractivity contribution in [2.75, 3.05) is 0 Å². The number of nitrogens with two attached hydrogens (primary N) is 1. The molecule has 1 unspecified atom stereocenters. The molecule has 0 aliphatic carbocycles. The Labute approximate surface area is 116 Å². The number of pyridine rings is 1. The van der Waals surface area contributed by atoms with Crippen LogP contribution in [-0.2, 0) is 13.5 Å². The highest BCUT2D eigenvalue weighted by Crippen LogP contribution is 2.26. The summed E-state index contributed by atoms with van der Waals surface area (Å²) in [4.78, 5) is 4.48. The minimum absolute atomic E-state index is 0.197. The number of hydrogen-bond acceptors (Lipinski definition) is 6. The van der Waals surface area contributed by atoms with Crippen molar-refractivity contribution in [3.8, 4) is 0 Å². The Morgan fingerprint density at radius 3 is 2.84 bits per heavy atom. The molecule has 19 heavy (non-hydrogen) atoms. The van der Waals surface area contributed by atoms with E-state index in [-0.39, 0.29) is 6.04 Å². The summed E-state index contributed by atoms with van der Waals surface area (Å²) < 4.78 is 1.63. The standard InChI is InChI=1S/C12H18N6S/c1-4-10(13)6-9-5-8(2)11(14-7-9)19-12-15-16-17-18(12)3/h5,7,10H,4,6,13H2,1-3H3. The fourth-order valence-corrected chi connectivity index (χ4v) is 2.42. The largest absolute Gasteiger partial charge is 0.327 e. The van der Waals surface area contributed by atoms with Gasteiger partial charge in [0.15, 0.2) is 0 Å². The second kappa shape index (κ2) is 6.12. The summed E-state index contributed by atoms with van der Waals surface area (Å²) in [6.07, 6.45) is 3.72. The van der Waals surface area contributed by atoms with Crippen LogP contribution in [0.2, 0.25) is 0 Å². The van der Waals surface area contributed by atoms with E-state index in [1.165, 1.54) is 17.3 Å². The number of tetrazole rings is 1. The Hall–Kier alpha value is -1.47. The van der Waals surface area contributed by atoms with Crippen molar-refractivity contribution in [1.82, 2.24) is 25.2 Å². The van der Waals surface area contributed by atoms with Gasteiger partial charge in [0, 0.05) is 19.3 Å². The van der Waals surface area contributed by atoms with Crippen molar-refractivity contribution in [1.29, 1.82) is 0 Å². The Kier molecular flexibility index (Phi) is 4.49. The maximum atomic E-state index is 5.96. The van der Waals surface area contributed by atoms with E-state index in [2.05, 4.69) is 33.5 Å². The third-order valence-corrected chi connectivity index (χ3v) is 4.03. The van der Waals surface area contributed by atoms with E-state index in [0.717, 1.165) is 28.6 Å². The number of hydrogen-bond donors (Lipinski definition) is 1. The van der Waals surface area contributed by atoms with E-state index in [1.54, 1.807) is 4.68 Å². The van der Waals surface area contributed by atoms with Gasteiger partial charge < -0.3 is 5.73 Å². The first-order valence-electron chi connectivity index (χ1n) is 6.21. The van der Waals surface area contributed by atoms with E-state index in [9.17, 15) is 0 Å². The molecule has 6 nitrogen and oxygen atoms in total. The van der Waals surface area contributed by atoms with Crippen LogP contribution < -0.4 is 5.73 Å². The van der Waals surface area contributed by atoms with E-state index < -0.39 is 0 Å². The van der Waals surface area contributed by atoms with E-state index in [0.29, 0.717) is 0 Å². The van der Waals surface area contributed by atoms with Crippen LogP contribution in [-0.4, -0.2) is 31.2 Å². The van der Waals surface area contributed by atoms with Crippen LogP contribution in [0.1, 0.15) is 24.5 Å². The average Bonchev–Trinajstić information content (AvgIpc) is 2.78. The zero-order valence-corrected chi connectivity index (χ0v) is 12.2. The maximum Gasteiger partial charge on any atom is 0.215 e. The highest BCUT2D eigenvalue weighted by Gasteiger charge is 2.10. The fourth-order valence-electron chi connectivity index (χ4n) is 1.68. The van der Waals surface area contributed by atoms with E-state index >= 15 is 0 Å². The lowest BCUT2D eigenvalue weighted by molar-refractivity contribution is 0.643. The normalized spacial score (nSPS) is 12.6. The van der Waals surface area contributed by atoms with Crippen LogP contribution >= 0.6 is 11.8 Å². The number of aryl methyl sites for hydroxylation is 2. The molecule has 102 valence electrons. The minimum atomic E-state index is 0.197. The quantitative estimate of drug-likeness (QED) is 0.889. The highest BCUT2D eigenvalue weighted by molar-refractivity contribution is 7.99. The minimum Gasteiger partial charge on any atom is -0.327 e. The van der Waals surface area contributed by atoms with Crippen LogP contribution in [0.3, 0.4) is 0 Å². The summed E-state index contributed by atoms with van der Waals surface area (Å²) in [7, 11) is 1.81. The van der Waals surface area contributed by atoms with Gasteiger partial charge in [-0.25, -0.2) is 9.67 Å². The van der Waals surface area contributed by atoms with Gasteiger partial charge in [-0.2, -0.15) is 0 Å². The lowest BCUT2D eigenvalue weighted by Gasteiger charge is -2.10. The summed E-state index contributed by atoms with van der Waals surface area (Å²) >= 11 is 1.47. The van der Waals surface area contributed by atoms with Crippen LogP contribution in [0.15, 0.2) is 22.4 Å². The second-order valence-electron chi connectivity index (χ2n) is 4.53. The molecule has 0 aliphatic heterocycles. The third-order valence-electron chi connectivity index (χ3n) is 2.88. The molecule has 0 spiro atoms. The van der Waals surface area contributed by atoms with Crippen molar-refractivity contribution < 1.29 is 0 Å². The van der Waals surface area contributed by atoms with E-state index in [4.69, 9.17) is 5.73 Å². The SMILES string of the molecule is CCC(N)Cc1cnc(Sc2nnnn2C)c(C)c1. The predicted molar refractivity (Wildman–Crippen MR) is 73.9 cm³/mol. The summed E-state index contributed by atoms with van der Waals surface area (Å²) in [5.41, 5.74) is 8.25. The van der Waals surface area contributed by atoms with Crippen LogP contribution in [0, 0.1) is 6.92 Å². The molecule has 0 fully saturated rings. The van der Waals surface area contributed by atoms with Gasteiger partial charge in [0.05, 0.1) is 0 Å². The first-order chi connectivity index (χ1) is 9.10. The first-order valence-corrected chi connectivity index (χ1v) is 7.03. The number of nitrogens with zero attached hydrogens (tertiary/aromatic N) is 5. The van der Waals surface area contributed by atoms with Gasteiger partial charge in [-0.15, -0.1) is 5.10 Å². The van der Waals surface area contributed by atoms with Gasteiger partial charge in [0.25, 0.3) is 0 Å². The Morgan fingerprint density at radius 2 is 2.26 bits per heavy atom. The number of rotatable bonds is 5. The van der Waals surface area contributed by atoms with Crippen molar-refractivity contribution in [3.63, 3.8) is 0 Å². The lowest BCUT2D eigenvalue weighted by Crippen LogP contribution is -2.21. The molecule has 0 saturated heterocycles. The van der Waals surface area contributed by atoms with Crippen molar-refractivity contribution in [2.24, 2.45) is 12.8 Å². The zero-order valence-electron chi connectivity index (χ0n) is 11.4. The molecule has 0 aliphatic rings. The van der Waals surface area contributed by atoms with Crippen LogP contribution in [0.4, 0.5) is 0 Å². The molecule has 2 rings (SSSR count). The molecule has 0 saturated carbocycles. The van der Waals surface area contributed by atoms with E-state index in [1.807, 2.05) is 20.2 Å². The van der Waals surface area contributed by atoms with Crippen LogP contribution in [0.5, 0.6) is 0 Å². The van der Waals surface area contributed by atoms with Gasteiger partial charge in [-0.05, 0) is 53.1 Å². The molecule has 2 N–H and O–H groups in total. The Bertz CT molecular complexity index is 553. The van der Waals surface area contributed by atoms with Gasteiger partial charge >= 0.3 is 0 Å². The van der Waals surface area contributed by atoms with Gasteiger partial charge in [0.2, 0.25) is 5.16 Å². The monoisotopic (exact) mass is 278 g/mol. The molecule has 2 aromatic heterocycles. The predicted octanol–water partition coefficient (Wildman–Crippen LogP) is 1.34. The third kappa shape index (κ3) is 3.51. The molecule has 1 atom stereocenters. The maximum absolute atomic E-state index is 5.96. The molecular weight excluding hydrogens is 260 g/mol. The van der Waals surface area contributed by atoms with Crippen molar-refractivity contribution >= 4 is 11.8 Å². The van der Waals surface area contributed by atoms with Crippen LogP contribution in [0.25, 0.3) is 0 Å². The summed E-state index contributed by atoms with van der Waals surface area (Å²) in [6, 6.07) is 2.33.